The van der Waals surface area contributed by atoms with Crippen molar-refractivity contribution in [3.63, 3.8) is 0 Å². The van der Waals surface area contributed by atoms with Gasteiger partial charge in [-0.25, -0.2) is 0 Å². The van der Waals surface area contributed by atoms with Gasteiger partial charge in [0.2, 0.25) is 0 Å². The Balaban J connectivity index is 1.91. The zero-order chi connectivity index (χ0) is 15.1. The summed E-state index contributed by atoms with van der Waals surface area (Å²) in [6, 6.07) is 16.9. The summed E-state index contributed by atoms with van der Waals surface area (Å²) in [5.41, 5.74) is 2.54. The van der Waals surface area contributed by atoms with Gasteiger partial charge in [-0.05, 0) is 36.6 Å². The van der Waals surface area contributed by atoms with Gasteiger partial charge in [-0.3, -0.25) is 0 Å². The minimum atomic E-state index is 0.392. The molecule has 21 heavy (non-hydrogen) atoms. The molecule has 3 heteroatoms. The van der Waals surface area contributed by atoms with E-state index in [1.54, 1.807) is 14.2 Å². The van der Waals surface area contributed by atoms with Crippen LogP contribution in [0.15, 0.2) is 48.5 Å². The van der Waals surface area contributed by atoms with Crippen molar-refractivity contribution < 1.29 is 9.47 Å². The van der Waals surface area contributed by atoms with Crippen LogP contribution in [0.2, 0.25) is 0 Å². The van der Waals surface area contributed by atoms with Crippen LogP contribution in [0.3, 0.4) is 0 Å². The second kappa shape index (κ2) is 7.70. The number of benzene rings is 2. The van der Waals surface area contributed by atoms with Crippen LogP contribution < -0.4 is 14.8 Å². The van der Waals surface area contributed by atoms with E-state index < -0.39 is 0 Å². The Kier molecular flexibility index (Phi) is 5.64. The summed E-state index contributed by atoms with van der Waals surface area (Å²) < 4.78 is 10.6. The number of hydrogen-bond donors (Lipinski definition) is 1. The molecule has 2 aromatic rings. The van der Waals surface area contributed by atoms with Crippen molar-refractivity contribution in [3.8, 4) is 11.5 Å². The predicted octanol–water partition coefficient (Wildman–Crippen LogP) is 3.42. The first kappa shape index (κ1) is 15.4. The third-order valence-corrected chi connectivity index (χ3v) is 3.49. The molecular weight excluding hydrogens is 262 g/mol. The summed E-state index contributed by atoms with van der Waals surface area (Å²) in [7, 11) is 3.32. The summed E-state index contributed by atoms with van der Waals surface area (Å²) in [5.74, 6) is 1.55. The SMILES string of the molecule is COc1ccc(C[C@@H](C)NCc2ccccc2)cc1OC. The lowest BCUT2D eigenvalue weighted by atomic mass is 10.1. The molecule has 0 aliphatic heterocycles. The van der Waals surface area contributed by atoms with Crippen molar-refractivity contribution in [1.82, 2.24) is 5.32 Å². The number of nitrogens with one attached hydrogen (secondary N) is 1. The first-order valence-corrected chi connectivity index (χ1v) is 7.21. The molecule has 0 saturated heterocycles. The predicted molar refractivity (Wildman–Crippen MR) is 86.0 cm³/mol. The fraction of sp³-hybridized carbons (Fsp3) is 0.333. The maximum atomic E-state index is 5.34. The first-order valence-electron chi connectivity index (χ1n) is 7.21. The third-order valence-electron chi connectivity index (χ3n) is 3.49. The zero-order valence-electron chi connectivity index (χ0n) is 12.9. The van der Waals surface area contributed by atoms with Gasteiger partial charge in [0.25, 0.3) is 0 Å². The molecule has 3 nitrogen and oxygen atoms in total. The molecule has 0 spiro atoms. The molecule has 0 aliphatic rings. The molecule has 1 N–H and O–H groups in total. The normalized spacial score (nSPS) is 12.0. The smallest absolute Gasteiger partial charge is 0.160 e. The summed E-state index contributed by atoms with van der Waals surface area (Å²) in [5, 5.41) is 3.54. The number of ether oxygens (including phenoxy) is 2. The second-order valence-electron chi connectivity index (χ2n) is 5.16. The van der Waals surface area contributed by atoms with Gasteiger partial charge in [0, 0.05) is 12.6 Å². The van der Waals surface area contributed by atoms with E-state index in [-0.39, 0.29) is 0 Å². The fourth-order valence-electron chi connectivity index (χ4n) is 2.32. The lowest BCUT2D eigenvalue weighted by Crippen LogP contribution is -2.27. The van der Waals surface area contributed by atoms with Crippen LogP contribution in [-0.2, 0) is 13.0 Å². The highest BCUT2D eigenvalue weighted by molar-refractivity contribution is 5.43. The van der Waals surface area contributed by atoms with Crippen molar-refractivity contribution >= 4 is 0 Å². The minimum absolute atomic E-state index is 0.392. The van der Waals surface area contributed by atoms with Gasteiger partial charge in [0.05, 0.1) is 14.2 Å². The Morgan fingerprint density at radius 1 is 0.905 bits per heavy atom. The van der Waals surface area contributed by atoms with Crippen molar-refractivity contribution in [2.75, 3.05) is 14.2 Å². The Morgan fingerprint density at radius 2 is 1.62 bits per heavy atom. The van der Waals surface area contributed by atoms with Crippen molar-refractivity contribution in [2.45, 2.75) is 25.9 Å². The highest BCUT2D eigenvalue weighted by Crippen LogP contribution is 2.27. The molecule has 0 unspecified atom stereocenters. The van der Waals surface area contributed by atoms with Crippen LogP contribution in [0.5, 0.6) is 11.5 Å². The molecule has 0 saturated carbocycles. The van der Waals surface area contributed by atoms with Crippen LogP contribution in [0.4, 0.5) is 0 Å². The molecule has 1 atom stereocenters. The van der Waals surface area contributed by atoms with Crippen LogP contribution in [0, 0.1) is 0 Å². The summed E-state index contributed by atoms with van der Waals surface area (Å²) in [6.07, 6.45) is 0.952. The number of rotatable bonds is 7. The molecule has 0 heterocycles. The summed E-state index contributed by atoms with van der Waals surface area (Å²) >= 11 is 0. The molecule has 0 aromatic heterocycles. The van der Waals surface area contributed by atoms with E-state index in [2.05, 4.69) is 42.6 Å². The van der Waals surface area contributed by atoms with E-state index in [4.69, 9.17) is 9.47 Å². The van der Waals surface area contributed by atoms with Gasteiger partial charge < -0.3 is 14.8 Å². The molecule has 0 bridgehead atoms. The van der Waals surface area contributed by atoms with Gasteiger partial charge in [0.15, 0.2) is 11.5 Å². The topological polar surface area (TPSA) is 30.5 Å². The monoisotopic (exact) mass is 285 g/mol. The average Bonchev–Trinajstić information content (AvgIpc) is 2.53. The maximum Gasteiger partial charge on any atom is 0.160 e. The summed E-state index contributed by atoms with van der Waals surface area (Å²) in [4.78, 5) is 0. The van der Waals surface area contributed by atoms with E-state index in [0.29, 0.717) is 6.04 Å². The Hall–Kier alpha value is -2.00. The number of methoxy groups -OCH3 is 2. The van der Waals surface area contributed by atoms with Crippen molar-refractivity contribution in [2.24, 2.45) is 0 Å². The van der Waals surface area contributed by atoms with E-state index in [1.807, 2.05) is 18.2 Å². The van der Waals surface area contributed by atoms with Gasteiger partial charge >= 0.3 is 0 Å². The standard InChI is InChI=1S/C18H23NO2/c1-14(19-13-15-7-5-4-6-8-15)11-16-9-10-17(20-2)18(12-16)21-3/h4-10,12,14,19H,11,13H2,1-3H3/t14-/m1/s1. The zero-order valence-corrected chi connectivity index (χ0v) is 12.9. The quantitative estimate of drug-likeness (QED) is 0.845. The minimum Gasteiger partial charge on any atom is -0.493 e. The van der Waals surface area contributed by atoms with E-state index in [1.165, 1.54) is 11.1 Å². The molecule has 0 amide bonds. The maximum absolute atomic E-state index is 5.34. The van der Waals surface area contributed by atoms with Crippen molar-refractivity contribution in [1.29, 1.82) is 0 Å². The third kappa shape index (κ3) is 4.50. The van der Waals surface area contributed by atoms with E-state index in [9.17, 15) is 0 Å². The van der Waals surface area contributed by atoms with Crippen molar-refractivity contribution in [3.05, 3.63) is 59.7 Å². The molecular formula is C18H23NO2. The average molecular weight is 285 g/mol. The molecule has 0 fully saturated rings. The van der Waals surface area contributed by atoms with Gasteiger partial charge in [-0.1, -0.05) is 36.4 Å². The Labute approximate surface area is 126 Å². The number of hydrogen-bond acceptors (Lipinski definition) is 3. The fourth-order valence-corrected chi connectivity index (χ4v) is 2.32. The summed E-state index contributed by atoms with van der Waals surface area (Å²) in [6.45, 7) is 3.08. The van der Waals surface area contributed by atoms with Gasteiger partial charge in [-0.15, -0.1) is 0 Å². The van der Waals surface area contributed by atoms with Crippen LogP contribution in [0.1, 0.15) is 18.1 Å². The highest BCUT2D eigenvalue weighted by Gasteiger charge is 2.08. The van der Waals surface area contributed by atoms with Crippen LogP contribution in [0.25, 0.3) is 0 Å². The van der Waals surface area contributed by atoms with Crippen LogP contribution in [-0.4, -0.2) is 20.3 Å². The Bertz CT molecular complexity index is 554. The van der Waals surface area contributed by atoms with Crippen LogP contribution >= 0.6 is 0 Å². The lowest BCUT2D eigenvalue weighted by Gasteiger charge is -2.15. The lowest BCUT2D eigenvalue weighted by molar-refractivity contribution is 0.354. The molecule has 112 valence electrons. The van der Waals surface area contributed by atoms with Gasteiger partial charge in [-0.2, -0.15) is 0 Å². The second-order valence-corrected chi connectivity index (χ2v) is 5.16. The van der Waals surface area contributed by atoms with E-state index >= 15 is 0 Å². The molecule has 0 radical (unpaired) electrons. The van der Waals surface area contributed by atoms with Gasteiger partial charge in [0.1, 0.15) is 0 Å². The molecule has 2 aromatic carbocycles. The first-order chi connectivity index (χ1) is 10.2. The molecule has 0 aliphatic carbocycles. The Morgan fingerprint density at radius 3 is 2.29 bits per heavy atom. The highest BCUT2D eigenvalue weighted by atomic mass is 16.5. The molecule has 2 rings (SSSR count). The van der Waals surface area contributed by atoms with E-state index in [0.717, 1.165) is 24.5 Å². The largest absolute Gasteiger partial charge is 0.493 e.